The molecule has 10 heavy (non-hydrogen) atoms. The minimum atomic E-state index is 0.216. The third kappa shape index (κ3) is 2.26. The largest absolute Gasteiger partial charge is 0.283 e. The summed E-state index contributed by atoms with van der Waals surface area (Å²) < 4.78 is 0. The molecule has 0 aromatic carbocycles. The van der Waals surface area contributed by atoms with E-state index in [0.717, 1.165) is 0 Å². The van der Waals surface area contributed by atoms with E-state index in [4.69, 9.17) is 5.41 Å². The predicted octanol–water partition coefficient (Wildman–Crippen LogP) is 1.60. The van der Waals surface area contributed by atoms with Crippen molar-refractivity contribution in [2.75, 3.05) is 0 Å². The molecule has 0 aromatic heterocycles. The number of nitrogens with one attached hydrogen (secondary N) is 1. The van der Waals surface area contributed by atoms with Gasteiger partial charge in [0.05, 0.1) is 0 Å². The first-order valence-electron chi connectivity index (χ1n) is 2.87. The van der Waals surface area contributed by atoms with E-state index in [1.807, 2.05) is 0 Å². The van der Waals surface area contributed by atoms with Crippen LogP contribution in [0.15, 0.2) is 30.5 Å². The summed E-state index contributed by atoms with van der Waals surface area (Å²) in [6.45, 7) is 8.67. The van der Waals surface area contributed by atoms with Crippen LogP contribution in [-0.4, -0.2) is 17.1 Å². The van der Waals surface area contributed by atoms with Crippen LogP contribution < -0.4 is 0 Å². The van der Waals surface area contributed by atoms with Crippen molar-refractivity contribution in [3.8, 4) is 0 Å². The van der Waals surface area contributed by atoms with E-state index in [2.05, 4.69) is 18.3 Å². The van der Waals surface area contributed by atoms with Crippen molar-refractivity contribution in [3.63, 3.8) is 0 Å². The van der Waals surface area contributed by atoms with Gasteiger partial charge in [-0.2, -0.15) is 5.10 Å². The van der Waals surface area contributed by atoms with Crippen molar-refractivity contribution in [2.45, 2.75) is 6.92 Å². The van der Waals surface area contributed by atoms with E-state index in [9.17, 15) is 0 Å². The van der Waals surface area contributed by atoms with Crippen LogP contribution in [0.4, 0.5) is 0 Å². The highest BCUT2D eigenvalue weighted by atomic mass is 15.5. The van der Waals surface area contributed by atoms with Gasteiger partial charge in [0.2, 0.25) is 0 Å². The van der Waals surface area contributed by atoms with Crippen molar-refractivity contribution < 1.29 is 0 Å². The Morgan fingerprint density at radius 3 is 2.50 bits per heavy atom. The average molecular weight is 137 g/mol. The molecular weight excluding hydrogens is 126 g/mol. The zero-order valence-corrected chi connectivity index (χ0v) is 6.04. The summed E-state index contributed by atoms with van der Waals surface area (Å²) in [6.07, 6.45) is 4.43. The SMILES string of the molecule is C=CC(=N)N(C=C)/N=C\C. The highest BCUT2D eigenvalue weighted by Gasteiger charge is 1.95. The molecule has 0 aliphatic heterocycles. The summed E-state index contributed by atoms with van der Waals surface area (Å²) in [7, 11) is 0. The van der Waals surface area contributed by atoms with E-state index in [0.29, 0.717) is 0 Å². The smallest absolute Gasteiger partial charge is 0.145 e. The Labute approximate surface area is 60.9 Å². The normalized spacial score (nSPS) is 9.30. The van der Waals surface area contributed by atoms with Crippen molar-refractivity contribution in [1.82, 2.24) is 5.01 Å². The predicted molar refractivity (Wildman–Crippen MR) is 44.1 cm³/mol. The monoisotopic (exact) mass is 137 g/mol. The van der Waals surface area contributed by atoms with Crippen LogP contribution in [-0.2, 0) is 0 Å². The maximum absolute atomic E-state index is 7.22. The van der Waals surface area contributed by atoms with Crippen molar-refractivity contribution in [3.05, 3.63) is 25.4 Å². The zero-order valence-electron chi connectivity index (χ0n) is 6.04. The Kier molecular flexibility index (Phi) is 3.87. The van der Waals surface area contributed by atoms with Gasteiger partial charge >= 0.3 is 0 Å². The molecule has 54 valence electrons. The van der Waals surface area contributed by atoms with E-state index in [-0.39, 0.29) is 5.84 Å². The van der Waals surface area contributed by atoms with Crippen LogP contribution in [0.1, 0.15) is 6.92 Å². The van der Waals surface area contributed by atoms with Gasteiger partial charge in [0.25, 0.3) is 0 Å². The summed E-state index contributed by atoms with van der Waals surface area (Å²) in [5.74, 6) is 0.216. The lowest BCUT2D eigenvalue weighted by atomic mass is 10.5. The van der Waals surface area contributed by atoms with Crippen LogP contribution in [0.5, 0.6) is 0 Å². The lowest BCUT2D eigenvalue weighted by Gasteiger charge is -2.09. The molecule has 0 spiro atoms. The van der Waals surface area contributed by atoms with Crippen molar-refractivity contribution in [2.24, 2.45) is 5.10 Å². The van der Waals surface area contributed by atoms with Gasteiger partial charge < -0.3 is 0 Å². The molecule has 0 bridgehead atoms. The zero-order chi connectivity index (χ0) is 7.98. The molecule has 0 rings (SSSR count). The number of hydrazone groups is 1. The van der Waals surface area contributed by atoms with E-state index >= 15 is 0 Å². The molecule has 0 aliphatic rings. The molecule has 0 radical (unpaired) electrons. The molecule has 3 heteroatoms. The number of nitrogens with zero attached hydrogens (tertiary/aromatic N) is 2. The van der Waals surface area contributed by atoms with Gasteiger partial charge in [0, 0.05) is 12.4 Å². The second kappa shape index (κ2) is 4.49. The van der Waals surface area contributed by atoms with Gasteiger partial charge in [-0.25, -0.2) is 5.01 Å². The molecule has 0 amide bonds. The molecule has 0 saturated carbocycles. The first-order valence-corrected chi connectivity index (χ1v) is 2.87. The summed E-state index contributed by atoms with van der Waals surface area (Å²) in [4.78, 5) is 0. The summed E-state index contributed by atoms with van der Waals surface area (Å²) in [5.41, 5.74) is 0. The first-order chi connectivity index (χ1) is 4.76. The summed E-state index contributed by atoms with van der Waals surface area (Å²) in [5, 5.41) is 12.4. The van der Waals surface area contributed by atoms with Gasteiger partial charge in [-0.15, -0.1) is 0 Å². The van der Waals surface area contributed by atoms with Crippen molar-refractivity contribution >= 4 is 12.1 Å². The highest BCUT2D eigenvalue weighted by molar-refractivity contribution is 5.90. The van der Waals surface area contributed by atoms with Gasteiger partial charge in [0.1, 0.15) is 5.84 Å². The van der Waals surface area contributed by atoms with E-state index in [1.54, 1.807) is 13.1 Å². The fourth-order valence-corrected chi connectivity index (χ4v) is 0.426. The highest BCUT2D eigenvalue weighted by Crippen LogP contribution is 1.90. The Bertz CT molecular complexity index is 170. The maximum Gasteiger partial charge on any atom is 0.145 e. The molecule has 1 N–H and O–H groups in total. The van der Waals surface area contributed by atoms with Crippen LogP contribution in [0.3, 0.4) is 0 Å². The number of hydrogen-bond acceptors (Lipinski definition) is 2. The van der Waals surface area contributed by atoms with Crippen LogP contribution in [0, 0.1) is 5.41 Å². The fraction of sp³-hybridized carbons (Fsp3) is 0.143. The Balaban J connectivity index is 4.19. The molecule has 0 unspecified atom stereocenters. The molecule has 0 fully saturated rings. The maximum atomic E-state index is 7.22. The molecule has 0 aromatic rings. The first kappa shape index (κ1) is 8.62. The molecule has 0 atom stereocenters. The lowest BCUT2D eigenvalue weighted by molar-refractivity contribution is 0.606. The van der Waals surface area contributed by atoms with Crippen LogP contribution in [0.2, 0.25) is 0 Å². The third-order valence-electron chi connectivity index (χ3n) is 0.853. The lowest BCUT2D eigenvalue weighted by Crippen LogP contribution is -2.15. The summed E-state index contributed by atoms with van der Waals surface area (Å²) in [6, 6.07) is 0. The quantitative estimate of drug-likeness (QED) is 0.358. The van der Waals surface area contributed by atoms with Crippen LogP contribution in [0.25, 0.3) is 0 Å². The molecule has 0 heterocycles. The Morgan fingerprint density at radius 1 is 1.60 bits per heavy atom. The summed E-state index contributed by atoms with van der Waals surface area (Å²) >= 11 is 0. The third-order valence-corrected chi connectivity index (χ3v) is 0.853. The molecule has 3 nitrogen and oxygen atoms in total. The van der Waals surface area contributed by atoms with E-state index < -0.39 is 0 Å². The van der Waals surface area contributed by atoms with Gasteiger partial charge in [-0.05, 0) is 13.0 Å². The fourth-order valence-electron chi connectivity index (χ4n) is 0.426. The number of hydrogen-bond donors (Lipinski definition) is 1. The average Bonchev–Trinajstić information content (AvgIpc) is 1.99. The molecule has 0 aliphatic carbocycles. The topological polar surface area (TPSA) is 39.5 Å². The minimum Gasteiger partial charge on any atom is -0.283 e. The second-order valence-corrected chi connectivity index (χ2v) is 1.49. The number of amidine groups is 1. The molecular formula is C7H11N3. The van der Waals surface area contributed by atoms with Crippen LogP contribution >= 0.6 is 0 Å². The standard InChI is InChI=1S/C7H11N3/c1-4-7(8)10(6-3)9-5-2/h4-6,8H,1,3H2,2H3/b8-7?,9-5-. The van der Waals surface area contributed by atoms with E-state index in [1.165, 1.54) is 17.3 Å². The number of rotatable bonds is 3. The Hall–Kier alpha value is -1.38. The van der Waals surface area contributed by atoms with Gasteiger partial charge in [-0.1, -0.05) is 13.2 Å². The van der Waals surface area contributed by atoms with Crippen molar-refractivity contribution in [1.29, 1.82) is 5.41 Å². The van der Waals surface area contributed by atoms with Gasteiger partial charge in [0.15, 0.2) is 0 Å². The second-order valence-electron chi connectivity index (χ2n) is 1.49. The van der Waals surface area contributed by atoms with Gasteiger partial charge in [-0.3, -0.25) is 5.41 Å². The Morgan fingerprint density at radius 2 is 2.20 bits per heavy atom. The minimum absolute atomic E-state index is 0.216. The molecule has 0 saturated heterocycles.